The Morgan fingerprint density at radius 3 is 2.38 bits per heavy atom. The molecule has 1 amide bonds. The average molecular weight is 415 g/mol. The quantitative estimate of drug-likeness (QED) is 0.785. The van der Waals surface area contributed by atoms with Crippen molar-refractivity contribution < 1.29 is 17.6 Å². The minimum atomic E-state index is -3.52. The Morgan fingerprint density at radius 2 is 1.76 bits per heavy atom. The van der Waals surface area contributed by atoms with Crippen molar-refractivity contribution in [2.24, 2.45) is 0 Å². The number of carbonyl (C=O) groups is 1. The number of hydrogen-bond donors (Lipinski definition) is 1. The van der Waals surface area contributed by atoms with Gasteiger partial charge in [-0.3, -0.25) is 4.79 Å². The van der Waals surface area contributed by atoms with Crippen molar-refractivity contribution in [2.75, 3.05) is 13.1 Å². The second kappa shape index (κ2) is 9.16. The summed E-state index contributed by atoms with van der Waals surface area (Å²) in [6, 6.07) is 12.7. The van der Waals surface area contributed by atoms with Gasteiger partial charge in [-0.25, -0.2) is 12.8 Å². The number of nitriles is 1. The van der Waals surface area contributed by atoms with Crippen LogP contribution in [0.15, 0.2) is 53.4 Å². The highest BCUT2D eigenvalue weighted by molar-refractivity contribution is 7.89. The van der Waals surface area contributed by atoms with Crippen molar-refractivity contribution in [3.63, 3.8) is 0 Å². The molecular weight excluding hydrogens is 393 g/mol. The molecule has 1 heterocycles. The first kappa shape index (κ1) is 21.0. The van der Waals surface area contributed by atoms with Crippen molar-refractivity contribution in [1.82, 2.24) is 9.62 Å². The standard InChI is InChI=1S/C21H22FN3O3S/c22-19-7-3-2-6-18(19)20(15-23)24-21(26)14-16-8-10-17(11-9-16)29(27,28)25-12-4-1-5-13-25/h2-3,6-11,20H,1,4-5,12-14H2,(H,24,26). The molecule has 1 aliphatic heterocycles. The summed E-state index contributed by atoms with van der Waals surface area (Å²) >= 11 is 0. The molecule has 2 aromatic rings. The summed E-state index contributed by atoms with van der Waals surface area (Å²) in [4.78, 5) is 12.5. The third-order valence-corrected chi connectivity index (χ3v) is 6.80. The number of carbonyl (C=O) groups excluding carboxylic acids is 1. The molecule has 152 valence electrons. The van der Waals surface area contributed by atoms with Crippen LogP contribution in [-0.4, -0.2) is 31.7 Å². The first-order valence-electron chi connectivity index (χ1n) is 9.44. The molecule has 1 saturated heterocycles. The first-order valence-corrected chi connectivity index (χ1v) is 10.9. The molecular formula is C21H22FN3O3S. The Labute approximate surface area is 170 Å². The molecule has 0 bridgehead atoms. The highest BCUT2D eigenvalue weighted by Gasteiger charge is 2.25. The van der Waals surface area contributed by atoms with Gasteiger partial charge >= 0.3 is 0 Å². The van der Waals surface area contributed by atoms with Gasteiger partial charge in [0.05, 0.1) is 17.4 Å². The third kappa shape index (κ3) is 5.00. The lowest BCUT2D eigenvalue weighted by molar-refractivity contribution is -0.120. The van der Waals surface area contributed by atoms with Gasteiger partial charge in [0.15, 0.2) is 0 Å². The average Bonchev–Trinajstić information content (AvgIpc) is 2.73. The van der Waals surface area contributed by atoms with Gasteiger partial charge < -0.3 is 5.32 Å². The van der Waals surface area contributed by atoms with E-state index in [2.05, 4.69) is 5.32 Å². The molecule has 0 aromatic heterocycles. The van der Waals surface area contributed by atoms with Gasteiger partial charge in [-0.05, 0) is 36.6 Å². The first-order chi connectivity index (χ1) is 13.9. The molecule has 2 aromatic carbocycles. The van der Waals surface area contributed by atoms with Crippen LogP contribution in [0.5, 0.6) is 0 Å². The van der Waals surface area contributed by atoms with E-state index in [-0.39, 0.29) is 16.9 Å². The van der Waals surface area contributed by atoms with Crippen LogP contribution in [-0.2, 0) is 21.2 Å². The fraction of sp³-hybridized carbons (Fsp3) is 0.333. The Morgan fingerprint density at radius 1 is 1.10 bits per heavy atom. The van der Waals surface area contributed by atoms with Gasteiger partial charge in [0, 0.05) is 18.7 Å². The van der Waals surface area contributed by atoms with Crippen LogP contribution in [0.1, 0.15) is 36.4 Å². The molecule has 3 rings (SSSR count). The molecule has 1 fully saturated rings. The molecule has 0 saturated carbocycles. The van der Waals surface area contributed by atoms with Gasteiger partial charge in [0.25, 0.3) is 0 Å². The molecule has 1 N–H and O–H groups in total. The van der Waals surface area contributed by atoms with Crippen LogP contribution >= 0.6 is 0 Å². The predicted octanol–water partition coefficient (Wildman–Crippen LogP) is 2.92. The molecule has 0 spiro atoms. The second-order valence-corrected chi connectivity index (χ2v) is 8.87. The lowest BCUT2D eigenvalue weighted by atomic mass is 10.1. The van der Waals surface area contributed by atoms with Crippen LogP contribution in [0.2, 0.25) is 0 Å². The van der Waals surface area contributed by atoms with E-state index in [1.165, 1.54) is 34.6 Å². The number of rotatable bonds is 6. The SMILES string of the molecule is N#CC(NC(=O)Cc1ccc(S(=O)(=O)N2CCCCC2)cc1)c1ccccc1F. The smallest absolute Gasteiger partial charge is 0.243 e. The minimum absolute atomic E-state index is 0.0450. The Hall–Kier alpha value is -2.76. The number of nitrogens with zero attached hydrogens (tertiary/aromatic N) is 2. The second-order valence-electron chi connectivity index (χ2n) is 6.94. The van der Waals surface area contributed by atoms with E-state index >= 15 is 0 Å². The molecule has 29 heavy (non-hydrogen) atoms. The number of sulfonamides is 1. The molecule has 1 aliphatic rings. The maximum atomic E-state index is 13.9. The fourth-order valence-electron chi connectivity index (χ4n) is 3.32. The van der Waals surface area contributed by atoms with E-state index in [1.807, 2.05) is 6.07 Å². The van der Waals surface area contributed by atoms with Crippen molar-refractivity contribution >= 4 is 15.9 Å². The van der Waals surface area contributed by atoms with Gasteiger partial charge in [0.2, 0.25) is 15.9 Å². The van der Waals surface area contributed by atoms with E-state index < -0.39 is 27.8 Å². The largest absolute Gasteiger partial charge is 0.336 e. The predicted molar refractivity (Wildman–Crippen MR) is 106 cm³/mol. The van der Waals surface area contributed by atoms with Gasteiger partial charge in [-0.15, -0.1) is 0 Å². The highest BCUT2D eigenvalue weighted by atomic mass is 32.2. The number of piperidine rings is 1. The van der Waals surface area contributed by atoms with Crippen molar-refractivity contribution in [3.05, 3.63) is 65.5 Å². The van der Waals surface area contributed by atoms with Gasteiger partial charge in [0.1, 0.15) is 11.9 Å². The third-order valence-electron chi connectivity index (χ3n) is 4.89. The highest BCUT2D eigenvalue weighted by Crippen LogP contribution is 2.21. The summed E-state index contributed by atoms with van der Waals surface area (Å²) in [5, 5.41) is 11.8. The van der Waals surface area contributed by atoms with Gasteiger partial charge in [-0.1, -0.05) is 36.8 Å². The molecule has 0 aliphatic carbocycles. The Kier molecular flexibility index (Phi) is 6.62. The maximum absolute atomic E-state index is 13.9. The summed E-state index contributed by atoms with van der Waals surface area (Å²) in [7, 11) is -3.52. The van der Waals surface area contributed by atoms with E-state index in [4.69, 9.17) is 0 Å². The summed E-state index contributed by atoms with van der Waals surface area (Å²) < 4.78 is 40.7. The zero-order valence-corrected chi connectivity index (χ0v) is 16.7. The monoisotopic (exact) mass is 415 g/mol. The van der Waals surface area contributed by atoms with E-state index in [0.717, 1.165) is 19.3 Å². The normalized spacial score (nSPS) is 16.0. The van der Waals surface area contributed by atoms with Crippen molar-refractivity contribution in [1.29, 1.82) is 5.26 Å². The Balaban J connectivity index is 1.65. The van der Waals surface area contributed by atoms with E-state index in [9.17, 15) is 22.9 Å². The lowest BCUT2D eigenvalue weighted by Crippen LogP contribution is -2.35. The number of amides is 1. The van der Waals surface area contributed by atoms with Crippen molar-refractivity contribution in [3.8, 4) is 6.07 Å². The maximum Gasteiger partial charge on any atom is 0.243 e. The molecule has 1 atom stereocenters. The number of nitrogens with one attached hydrogen (secondary N) is 1. The van der Waals surface area contributed by atoms with Crippen LogP contribution < -0.4 is 5.32 Å². The summed E-state index contributed by atoms with van der Waals surface area (Å²) in [6.07, 6.45) is 2.71. The van der Waals surface area contributed by atoms with Crippen LogP contribution in [0.25, 0.3) is 0 Å². The van der Waals surface area contributed by atoms with E-state index in [0.29, 0.717) is 18.7 Å². The summed E-state index contributed by atoms with van der Waals surface area (Å²) in [6.45, 7) is 1.05. The van der Waals surface area contributed by atoms with Crippen LogP contribution in [0.3, 0.4) is 0 Å². The number of hydrogen-bond acceptors (Lipinski definition) is 4. The number of halogens is 1. The fourth-order valence-corrected chi connectivity index (χ4v) is 4.84. The molecule has 1 unspecified atom stereocenters. The summed E-state index contributed by atoms with van der Waals surface area (Å²) in [5.41, 5.74) is 0.705. The lowest BCUT2D eigenvalue weighted by Gasteiger charge is -2.25. The topological polar surface area (TPSA) is 90.3 Å². The molecule has 6 nitrogen and oxygen atoms in total. The summed E-state index contributed by atoms with van der Waals surface area (Å²) in [5.74, 6) is -1.02. The van der Waals surface area contributed by atoms with E-state index in [1.54, 1.807) is 18.2 Å². The Bertz CT molecular complexity index is 1010. The van der Waals surface area contributed by atoms with Crippen LogP contribution in [0.4, 0.5) is 4.39 Å². The molecule has 0 radical (unpaired) electrons. The zero-order chi connectivity index (χ0) is 20.9. The van der Waals surface area contributed by atoms with Gasteiger partial charge in [-0.2, -0.15) is 9.57 Å². The molecule has 8 heteroatoms. The van der Waals surface area contributed by atoms with Crippen molar-refractivity contribution in [2.45, 2.75) is 36.6 Å². The zero-order valence-electron chi connectivity index (χ0n) is 15.8. The minimum Gasteiger partial charge on any atom is -0.336 e. The number of benzene rings is 2. The van der Waals surface area contributed by atoms with Crippen LogP contribution in [0, 0.1) is 17.1 Å².